The lowest BCUT2D eigenvalue weighted by molar-refractivity contribution is -0.130. The number of imide groups is 1. The molecule has 166 valence electrons. The SMILES string of the molecule is O=C(c1ccc(F)cc1)N1CCCC[C@@H](NC[C@@H](c2ccco2)N2CCCCC2)C1=O. The Labute approximate surface area is 182 Å². The van der Waals surface area contributed by atoms with Gasteiger partial charge in [0.15, 0.2) is 0 Å². The molecule has 0 saturated carbocycles. The Balaban J connectivity index is 1.45. The summed E-state index contributed by atoms with van der Waals surface area (Å²) in [6.07, 6.45) is 7.59. The van der Waals surface area contributed by atoms with E-state index < -0.39 is 11.9 Å². The second-order valence-corrected chi connectivity index (χ2v) is 8.39. The molecule has 7 heteroatoms. The summed E-state index contributed by atoms with van der Waals surface area (Å²) in [5.41, 5.74) is 0.331. The number of amides is 2. The molecule has 1 N–H and O–H groups in total. The molecule has 1 aromatic heterocycles. The van der Waals surface area contributed by atoms with Gasteiger partial charge in [-0.25, -0.2) is 4.39 Å². The molecule has 2 aliphatic heterocycles. The third-order valence-corrected chi connectivity index (χ3v) is 6.29. The van der Waals surface area contributed by atoms with Crippen molar-refractivity contribution in [3.63, 3.8) is 0 Å². The van der Waals surface area contributed by atoms with E-state index in [2.05, 4.69) is 10.2 Å². The highest BCUT2D eigenvalue weighted by atomic mass is 19.1. The minimum absolute atomic E-state index is 0.0626. The van der Waals surface area contributed by atoms with Crippen molar-refractivity contribution in [1.82, 2.24) is 15.1 Å². The number of carbonyl (C=O) groups excluding carboxylic acids is 2. The summed E-state index contributed by atoms with van der Waals surface area (Å²) in [5, 5.41) is 3.44. The zero-order valence-electron chi connectivity index (χ0n) is 17.8. The lowest BCUT2D eigenvalue weighted by Gasteiger charge is -2.34. The molecule has 1 aromatic carbocycles. The first-order chi connectivity index (χ1) is 15.1. The van der Waals surface area contributed by atoms with Gasteiger partial charge in [-0.05, 0) is 81.6 Å². The van der Waals surface area contributed by atoms with Crippen LogP contribution in [-0.4, -0.2) is 53.8 Å². The third-order valence-electron chi connectivity index (χ3n) is 6.29. The molecular weight excluding hydrogens is 397 g/mol. The second-order valence-electron chi connectivity index (χ2n) is 8.39. The van der Waals surface area contributed by atoms with Crippen LogP contribution in [0.15, 0.2) is 47.1 Å². The van der Waals surface area contributed by atoms with E-state index in [4.69, 9.17) is 4.42 Å². The minimum Gasteiger partial charge on any atom is -0.468 e. The summed E-state index contributed by atoms with van der Waals surface area (Å²) in [7, 11) is 0. The summed E-state index contributed by atoms with van der Waals surface area (Å²) >= 11 is 0. The molecule has 0 aliphatic carbocycles. The summed E-state index contributed by atoms with van der Waals surface area (Å²) < 4.78 is 18.9. The number of nitrogens with zero attached hydrogens (tertiary/aromatic N) is 2. The molecule has 2 aromatic rings. The molecule has 0 spiro atoms. The maximum absolute atomic E-state index is 13.2. The zero-order valence-corrected chi connectivity index (χ0v) is 17.8. The zero-order chi connectivity index (χ0) is 21.6. The summed E-state index contributed by atoms with van der Waals surface area (Å²) in [6, 6.07) is 8.88. The van der Waals surface area contributed by atoms with Crippen LogP contribution >= 0.6 is 0 Å². The number of hydrogen-bond acceptors (Lipinski definition) is 5. The number of likely N-dealkylation sites (tertiary alicyclic amines) is 2. The maximum atomic E-state index is 13.2. The Kier molecular flexibility index (Phi) is 7.14. The molecule has 31 heavy (non-hydrogen) atoms. The molecule has 2 atom stereocenters. The number of carbonyl (C=O) groups is 2. The lowest BCUT2D eigenvalue weighted by atomic mass is 10.1. The van der Waals surface area contributed by atoms with Crippen LogP contribution in [0.2, 0.25) is 0 Å². The fourth-order valence-corrected chi connectivity index (χ4v) is 4.55. The molecule has 2 amide bonds. The van der Waals surface area contributed by atoms with E-state index in [1.807, 2.05) is 12.1 Å². The number of piperidine rings is 1. The first-order valence-corrected chi connectivity index (χ1v) is 11.3. The Hall–Kier alpha value is -2.51. The van der Waals surface area contributed by atoms with E-state index in [0.717, 1.165) is 31.7 Å². The third kappa shape index (κ3) is 5.22. The topological polar surface area (TPSA) is 65.8 Å². The van der Waals surface area contributed by atoms with Gasteiger partial charge in [-0.2, -0.15) is 0 Å². The summed E-state index contributed by atoms with van der Waals surface area (Å²) in [5.74, 6) is -0.0735. The van der Waals surface area contributed by atoms with Gasteiger partial charge in [-0.1, -0.05) is 6.42 Å². The van der Waals surface area contributed by atoms with Crippen molar-refractivity contribution in [2.75, 3.05) is 26.2 Å². The van der Waals surface area contributed by atoms with Gasteiger partial charge in [0.2, 0.25) is 5.91 Å². The highest BCUT2D eigenvalue weighted by molar-refractivity contribution is 6.06. The average molecular weight is 428 g/mol. The molecule has 2 saturated heterocycles. The van der Waals surface area contributed by atoms with Gasteiger partial charge >= 0.3 is 0 Å². The van der Waals surface area contributed by atoms with Gasteiger partial charge in [-0.3, -0.25) is 19.4 Å². The fraction of sp³-hybridized carbons (Fsp3) is 0.500. The smallest absolute Gasteiger partial charge is 0.260 e. The number of halogens is 1. The predicted octanol–water partition coefficient (Wildman–Crippen LogP) is 3.76. The van der Waals surface area contributed by atoms with Gasteiger partial charge in [-0.15, -0.1) is 0 Å². The maximum Gasteiger partial charge on any atom is 0.260 e. The first-order valence-electron chi connectivity index (χ1n) is 11.3. The van der Waals surface area contributed by atoms with Crippen LogP contribution in [0.4, 0.5) is 4.39 Å². The van der Waals surface area contributed by atoms with Crippen LogP contribution in [0.25, 0.3) is 0 Å². The molecule has 4 rings (SSSR count). The van der Waals surface area contributed by atoms with Crippen molar-refractivity contribution in [2.45, 2.75) is 50.6 Å². The van der Waals surface area contributed by atoms with Crippen LogP contribution in [0.1, 0.15) is 60.7 Å². The number of benzene rings is 1. The fourth-order valence-electron chi connectivity index (χ4n) is 4.55. The van der Waals surface area contributed by atoms with E-state index in [9.17, 15) is 14.0 Å². The van der Waals surface area contributed by atoms with Crippen molar-refractivity contribution < 1.29 is 18.4 Å². The highest BCUT2D eigenvalue weighted by Gasteiger charge is 2.33. The van der Waals surface area contributed by atoms with Crippen LogP contribution in [-0.2, 0) is 4.79 Å². The average Bonchev–Trinajstić information content (AvgIpc) is 3.26. The molecule has 0 radical (unpaired) electrons. The van der Waals surface area contributed by atoms with Crippen molar-refractivity contribution in [3.8, 4) is 0 Å². The number of rotatable bonds is 6. The predicted molar refractivity (Wildman–Crippen MR) is 115 cm³/mol. The van der Waals surface area contributed by atoms with Gasteiger partial charge in [0.25, 0.3) is 5.91 Å². The number of nitrogens with one attached hydrogen (secondary N) is 1. The van der Waals surface area contributed by atoms with Gasteiger partial charge in [0, 0.05) is 18.7 Å². The van der Waals surface area contributed by atoms with E-state index in [1.165, 1.54) is 48.4 Å². The normalized spacial score (nSPS) is 21.6. The van der Waals surface area contributed by atoms with Crippen LogP contribution in [0.5, 0.6) is 0 Å². The highest BCUT2D eigenvalue weighted by Crippen LogP contribution is 2.25. The van der Waals surface area contributed by atoms with Gasteiger partial charge in [0.05, 0.1) is 18.3 Å². The monoisotopic (exact) mass is 427 g/mol. The van der Waals surface area contributed by atoms with E-state index in [0.29, 0.717) is 25.1 Å². The Morgan fingerprint density at radius 1 is 1.06 bits per heavy atom. The number of furan rings is 1. The van der Waals surface area contributed by atoms with Crippen molar-refractivity contribution in [2.24, 2.45) is 0 Å². The molecule has 2 fully saturated rings. The molecule has 3 heterocycles. The van der Waals surface area contributed by atoms with E-state index in [-0.39, 0.29) is 17.9 Å². The molecule has 6 nitrogen and oxygen atoms in total. The largest absolute Gasteiger partial charge is 0.468 e. The van der Waals surface area contributed by atoms with E-state index in [1.54, 1.807) is 6.26 Å². The Bertz CT molecular complexity index is 863. The van der Waals surface area contributed by atoms with Crippen LogP contribution in [0, 0.1) is 5.82 Å². The van der Waals surface area contributed by atoms with Crippen LogP contribution in [0.3, 0.4) is 0 Å². The first kappa shape index (κ1) is 21.7. The lowest BCUT2D eigenvalue weighted by Crippen LogP contribution is -2.50. The quantitative estimate of drug-likeness (QED) is 0.711. The number of hydrogen-bond donors (Lipinski definition) is 1. The summed E-state index contributed by atoms with van der Waals surface area (Å²) in [4.78, 5) is 29.9. The van der Waals surface area contributed by atoms with Gasteiger partial charge in [0.1, 0.15) is 11.6 Å². The standard InChI is InChI=1S/C24H30FN3O3/c25-19-11-9-18(10-12-19)23(29)28-15-5-2-7-20(24(28)30)26-17-21(22-8-6-16-31-22)27-13-3-1-4-14-27/h6,8-12,16,20-21,26H,1-5,7,13-15,17H2/t20-,21+/m1/s1. The Morgan fingerprint density at radius 2 is 1.81 bits per heavy atom. The second kappa shape index (κ2) is 10.2. The van der Waals surface area contributed by atoms with Crippen molar-refractivity contribution in [3.05, 3.63) is 59.8 Å². The van der Waals surface area contributed by atoms with Crippen LogP contribution < -0.4 is 5.32 Å². The van der Waals surface area contributed by atoms with Crippen molar-refractivity contribution in [1.29, 1.82) is 0 Å². The van der Waals surface area contributed by atoms with E-state index >= 15 is 0 Å². The Morgan fingerprint density at radius 3 is 2.52 bits per heavy atom. The summed E-state index contributed by atoms with van der Waals surface area (Å²) in [6.45, 7) is 3.01. The molecular formula is C24H30FN3O3. The molecule has 0 bridgehead atoms. The molecule has 0 unspecified atom stereocenters. The van der Waals surface area contributed by atoms with Gasteiger partial charge < -0.3 is 9.73 Å². The van der Waals surface area contributed by atoms with Crippen molar-refractivity contribution >= 4 is 11.8 Å². The minimum atomic E-state index is -0.422. The molecule has 2 aliphatic rings.